The molecule has 0 amide bonds. The molecule has 0 saturated heterocycles. The van der Waals surface area contributed by atoms with E-state index in [1.54, 1.807) is 6.07 Å². The van der Waals surface area contributed by atoms with E-state index < -0.39 is 9.84 Å². The van der Waals surface area contributed by atoms with Gasteiger partial charge >= 0.3 is 0 Å². The summed E-state index contributed by atoms with van der Waals surface area (Å²) in [6, 6.07) is 5.57. The Morgan fingerprint density at radius 3 is 2.85 bits per heavy atom. The van der Waals surface area contributed by atoms with Gasteiger partial charge in [0.15, 0.2) is 9.84 Å². The Balaban J connectivity index is 2.69. The van der Waals surface area contributed by atoms with Crippen LogP contribution in [0.2, 0.25) is 0 Å². The van der Waals surface area contributed by atoms with E-state index in [0.29, 0.717) is 17.1 Å². The van der Waals surface area contributed by atoms with Crippen LogP contribution < -0.4 is 0 Å². The Morgan fingerprint density at radius 2 is 2.15 bits per heavy atom. The summed E-state index contributed by atoms with van der Waals surface area (Å²) in [5, 5.41) is 0. The molecule has 1 aromatic rings. The van der Waals surface area contributed by atoms with Crippen LogP contribution in [0, 0.1) is 0 Å². The molecule has 1 aliphatic rings. The highest BCUT2D eigenvalue weighted by Gasteiger charge is 2.26. The third kappa shape index (κ3) is 1.27. The predicted octanol–water partition coefficient (Wildman–Crippen LogP) is 1.58. The molecule has 0 aromatic heterocycles. The SMILES string of the molecule is CCc1cccc2c1CCS2(=O)=O. The standard InChI is InChI=1S/C10H12O2S/c1-2-8-4-3-5-10-9(8)6-7-13(10,11)12/h3-5H,2,6-7H2,1H3. The van der Waals surface area contributed by atoms with Gasteiger partial charge < -0.3 is 0 Å². The summed E-state index contributed by atoms with van der Waals surface area (Å²) in [7, 11) is -2.94. The zero-order valence-electron chi connectivity index (χ0n) is 7.58. The van der Waals surface area contributed by atoms with Gasteiger partial charge in [0, 0.05) is 0 Å². The van der Waals surface area contributed by atoms with Gasteiger partial charge in [-0.2, -0.15) is 0 Å². The first-order chi connectivity index (χ1) is 6.15. The molecule has 1 aromatic carbocycles. The summed E-state index contributed by atoms with van der Waals surface area (Å²) in [4.78, 5) is 0.562. The molecule has 13 heavy (non-hydrogen) atoms. The fraction of sp³-hybridized carbons (Fsp3) is 0.400. The van der Waals surface area contributed by atoms with Crippen molar-refractivity contribution >= 4 is 9.84 Å². The summed E-state index contributed by atoms with van der Waals surface area (Å²) < 4.78 is 23.0. The molecular weight excluding hydrogens is 184 g/mol. The van der Waals surface area contributed by atoms with Gasteiger partial charge in [0.2, 0.25) is 0 Å². The normalized spacial score (nSPS) is 18.5. The first-order valence-electron chi connectivity index (χ1n) is 4.48. The highest BCUT2D eigenvalue weighted by Crippen LogP contribution is 2.28. The van der Waals surface area contributed by atoms with Gasteiger partial charge in [-0.25, -0.2) is 8.42 Å². The van der Waals surface area contributed by atoms with E-state index in [1.165, 1.54) is 5.56 Å². The Hall–Kier alpha value is -0.830. The van der Waals surface area contributed by atoms with Crippen molar-refractivity contribution in [2.75, 3.05) is 5.75 Å². The summed E-state index contributed by atoms with van der Waals surface area (Å²) in [5.41, 5.74) is 2.23. The second-order valence-corrected chi connectivity index (χ2v) is 5.39. The van der Waals surface area contributed by atoms with Crippen molar-refractivity contribution in [3.8, 4) is 0 Å². The molecule has 3 heteroatoms. The van der Waals surface area contributed by atoms with E-state index >= 15 is 0 Å². The average Bonchev–Trinajstić information content (AvgIpc) is 2.43. The molecule has 0 radical (unpaired) electrons. The average molecular weight is 196 g/mol. The minimum atomic E-state index is -2.94. The first kappa shape index (κ1) is 8.75. The maximum Gasteiger partial charge on any atom is 0.178 e. The summed E-state index contributed by atoms with van der Waals surface area (Å²) in [6.45, 7) is 2.06. The quantitative estimate of drug-likeness (QED) is 0.683. The van der Waals surface area contributed by atoms with Crippen molar-refractivity contribution in [3.05, 3.63) is 29.3 Å². The third-order valence-corrected chi connectivity index (χ3v) is 4.36. The van der Waals surface area contributed by atoms with Crippen molar-refractivity contribution < 1.29 is 8.42 Å². The smallest absolute Gasteiger partial charge is 0.178 e. The van der Waals surface area contributed by atoms with Crippen LogP contribution in [0.1, 0.15) is 18.1 Å². The van der Waals surface area contributed by atoms with E-state index in [4.69, 9.17) is 0 Å². The third-order valence-electron chi connectivity index (χ3n) is 2.57. The van der Waals surface area contributed by atoms with E-state index in [1.807, 2.05) is 12.1 Å². The summed E-state index contributed by atoms with van der Waals surface area (Å²) >= 11 is 0. The maximum absolute atomic E-state index is 11.5. The minimum absolute atomic E-state index is 0.291. The van der Waals surface area contributed by atoms with Gasteiger partial charge in [0.05, 0.1) is 10.6 Å². The van der Waals surface area contributed by atoms with Crippen molar-refractivity contribution in [2.24, 2.45) is 0 Å². The van der Waals surface area contributed by atoms with Crippen LogP contribution in [-0.2, 0) is 22.7 Å². The highest BCUT2D eigenvalue weighted by atomic mass is 32.2. The number of hydrogen-bond donors (Lipinski definition) is 0. The topological polar surface area (TPSA) is 34.1 Å². The van der Waals surface area contributed by atoms with Crippen LogP contribution in [0.3, 0.4) is 0 Å². The van der Waals surface area contributed by atoms with Gasteiger partial charge in [0.25, 0.3) is 0 Å². The van der Waals surface area contributed by atoms with E-state index in [9.17, 15) is 8.42 Å². The van der Waals surface area contributed by atoms with Gasteiger partial charge in [-0.1, -0.05) is 19.1 Å². The fourth-order valence-corrected chi connectivity index (χ4v) is 3.45. The van der Waals surface area contributed by atoms with Gasteiger partial charge in [-0.3, -0.25) is 0 Å². The van der Waals surface area contributed by atoms with E-state index in [0.717, 1.165) is 12.0 Å². The van der Waals surface area contributed by atoms with Gasteiger partial charge in [-0.15, -0.1) is 0 Å². The lowest BCUT2D eigenvalue weighted by Crippen LogP contribution is -1.98. The second kappa shape index (κ2) is 2.84. The highest BCUT2D eigenvalue weighted by molar-refractivity contribution is 7.91. The second-order valence-electron chi connectivity index (χ2n) is 3.32. The van der Waals surface area contributed by atoms with Crippen LogP contribution in [0.25, 0.3) is 0 Å². The maximum atomic E-state index is 11.5. The zero-order valence-corrected chi connectivity index (χ0v) is 8.39. The number of sulfone groups is 1. The van der Waals surface area contributed by atoms with Crippen LogP contribution in [0.15, 0.2) is 23.1 Å². The molecule has 0 fully saturated rings. The van der Waals surface area contributed by atoms with Gasteiger partial charge in [0.1, 0.15) is 0 Å². The number of benzene rings is 1. The van der Waals surface area contributed by atoms with Crippen molar-refractivity contribution in [1.29, 1.82) is 0 Å². The Kier molecular flexibility index (Phi) is 1.91. The molecule has 0 spiro atoms. The summed E-state index contributed by atoms with van der Waals surface area (Å²) in [5.74, 6) is 0.291. The lowest BCUT2D eigenvalue weighted by atomic mass is 10.0. The molecule has 0 aliphatic carbocycles. The van der Waals surface area contributed by atoms with Crippen LogP contribution in [-0.4, -0.2) is 14.2 Å². The molecule has 70 valence electrons. The molecule has 0 atom stereocenters. The molecule has 1 aliphatic heterocycles. The lowest BCUT2D eigenvalue weighted by molar-refractivity contribution is 0.600. The van der Waals surface area contributed by atoms with Crippen LogP contribution >= 0.6 is 0 Å². The number of hydrogen-bond acceptors (Lipinski definition) is 2. The first-order valence-corrected chi connectivity index (χ1v) is 6.14. The molecule has 1 heterocycles. The molecule has 2 nitrogen and oxygen atoms in total. The predicted molar refractivity (Wildman–Crippen MR) is 51.6 cm³/mol. The number of rotatable bonds is 1. The zero-order chi connectivity index (χ0) is 9.47. The Labute approximate surface area is 78.5 Å². The van der Waals surface area contributed by atoms with E-state index in [-0.39, 0.29) is 0 Å². The van der Waals surface area contributed by atoms with Crippen molar-refractivity contribution in [3.63, 3.8) is 0 Å². The molecule has 0 unspecified atom stereocenters. The fourth-order valence-electron chi connectivity index (χ4n) is 1.86. The molecule has 0 saturated carbocycles. The van der Waals surface area contributed by atoms with Crippen LogP contribution in [0.4, 0.5) is 0 Å². The number of aryl methyl sites for hydroxylation is 1. The van der Waals surface area contributed by atoms with Crippen molar-refractivity contribution in [2.45, 2.75) is 24.7 Å². The summed E-state index contributed by atoms with van der Waals surface area (Å²) in [6.07, 6.45) is 1.61. The number of fused-ring (bicyclic) bond motifs is 1. The molecule has 0 bridgehead atoms. The van der Waals surface area contributed by atoms with Crippen molar-refractivity contribution in [1.82, 2.24) is 0 Å². The van der Waals surface area contributed by atoms with Gasteiger partial charge in [-0.05, 0) is 30.0 Å². The lowest BCUT2D eigenvalue weighted by Gasteiger charge is -2.03. The molecule has 2 rings (SSSR count). The Morgan fingerprint density at radius 1 is 1.38 bits per heavy atom. The van der Waals surface area contributed by atoms with E-state index in [2.05, 4.69) is 6.92 Å². The van der Waals surface area contributed by atoms with Crippen LogP contribution in [0.5, 0.6) is 0 Å². The molecule has 0 N–H and O–H groups in total. The Bertz CT molecular complexity index is 432. The largest absolute Gasteiger partial charge is 0.224 e. The monoisotopic (exact) mass is 196 g/mol. The minimum Gasteiger partial charge on any atom is -0.224 e. The molecular formula is C10H12O2S.